The van der Waals surface area contributed by atoms with Crippen molar-refractivity contribution in [2.75, 3.05) is 6.54 Å². The number of carboxylic acid groups (broad SMARTS) is 1. The van der Waals surface area contributed by atoms with Crippen molar-refractivity contribution in [2.24, 2.45) is 0 Å². The first-order chi connectivity index (χ1) is 18.2. The van der Waals surface area contributed by atoms with Crippen LogP contribution in [0.15, 0.2) is 77.2 Å². The van der Waals surface area contributed by atoms with Gasteiger partial charge in [0, 0.05) is 5.56 Å². The lowest BCUT2D eigenvalue weighted by Crippen LogP contribution is -2.39. The van der Waals surface area contributed by atoms with Gasteiger partial charge in [0.15, 0.2) is 0 Å². The van der Waals surface area contributed by atoms with Crippen LogP contribution in [0, 0.1) is 19.7 Å². The van der Waals surface area contributed by atoms with Gasteiger partial charge in [0.1, 0.15) is 41.9 Å². The Morgan fingerprint density at radius 1 is 1.03 bits per heavy atom. The molecule has 1 amide bonds. The highest BCUT2D eigenvalue weighted by molar-refractivity contribution is 5.78. The van der Waals surface area contributed by atoms with Gasteiger partial charge in [-0.15, -0.1) is 0 Å². The highest BCUT2D eigenvalue weighted by atomic mass is 19.1. The molecule has 1 heterocycles. The number of amides is 1. The summed E-state index contributed by atoms with van der Waals surface area (Å²) >= 11 is 0. The Labute approximate surface area is 219 Å². The maximum atomic E-state index is 13.5. The van der Waals surface area contributed by atoms with Gasteiger partial charge in [-0.25, -0.2) is 14.2 Å². The molecule has 1 atom stereocenters. The van der Waals surface area contributed by atoms with Gasteiger partial charge >= 0.3 is 12.1 Å². The monoisotopic (exact) mass is 518 g/mol. The largest absolute Gasteiger partial charge is 0.487 e. The van der Waals surface area contributed by atoms with Crippen LogP contribution >= 0.6 is 0 Å². The molecule has 196 valence electrons. The second-order valence-corrected chi connectivity index (χ2v) is 8.72. The smallest absolute Gasteiger partial charge is 0.416 e. The van der Waals surface area contributed by atoms with E-state index in [0.717, 1.165) is 10.5 Å². The second kappa shape index (κ2) is 11.6. The molecule has 0 unspecified atom stereocenters. The SMILES string of the molecule is Cc1cc(OC(=O)N(CC(=O)O)[C@@H](C)c2ccc(OCc3nc(-c4ccccc4)oc3C)cc2)ccc1F. The maximum absolute atomic E-state index is 13.5. The number of aliphatic carboxylic acids is 1. The van der Waals surface area contributed by atoms with E-state index < -0.39 is 30.5 Å². The average molecular weight is 519 g/mol. The summed E-state index contributed by atoms with van der Waals surface area (Å²) in [6.45, 7) is 4.69. The Morgan fingerprint density at radius 3 is 2.37 bits per heavy atom. The Kier molecular flexibility index (Phi) is 8.06. The molecule has 3 aromatic carbocycles. The van der Waals surface area contributed by atoms with Crippen LogP contribution < -0.4 is 9.47 Å². The highest BCUT2D eigenvalue weighted by Gasteiger charge is 2.26. The van der Waals surface area contributed by atoms with Crippen molar-refractivity contribution in [1.82, 2.24) is 9.88 Å². The Hall–Kier alpha value is -4.66. The molecule has 4 rings (SSSR count). The van der Waals surface area contributed by atoms with E-state index in [-0.39, 0.29) is 12.4 Å². The summed E-state index contributed by atoms with van der Waals surface area (Å²) in [6, 6.07) is 19.8. The van der Waals surface area contributed by atoms with Crippen LogP contribution in [0.4, 0.5) is 9.18 Å². The lowest BCUT2D eigenvalue weighted by Gasteiger charge is -2.27. The quantitative estimate of drug-likeness (QED) is 0.276. The number of nitrogens with zero attached hydrogens (tertiary/aromatic N) is 2. The Balaban J connectivity index is 1.42. The second-order valence-electron chi connectivity index (χ2n) is 8.72. The molecule has 38 heavy (non-hydrogen) atoms. The first-order valence-corrected chi connectivity index (χ1v) is 11.9. The molecule has 0 spiro atoms. The topological polar surface area (TPSA) is 102 Å². The lowest BCUT2D eigenvalue weighted by molar-refractivity contribution is -0.138. The van der Waals surface area contributed by atoms with E-state index in [1.807, 2.05) is 37.3 Å². The number of carbonyl (C=O) groups is 2. The Bertz CT molecular complexity index is 1420. The van der Waals surface area contributed by atoms with Crippen molar-refractivity contribution in [3.8, 4) is 23.0 Å². The van der Waals surface area contributed by atoms with E-state index in [2.05, 4.69) is 4.98 Å². The zero-order chi connectivity index (χ0) is 27.2. The van der Waals surface area contributed by atoms with Crippen molar-refractivity contribution in [2.45, 2.75) is 33.4 Å². The normalized spacial score (nSPS) is 11.6. The van der Waals surface area contributed by atoms with Crippen LogP contribution in [-0.4, -0.2) is 33.6 Å². The molecule has 0 saturated carbocycles. The molecule has 0 aliphatic carbocycles. The molecular formula is C29H27FN2O6. The fourth-order valence-electron chi connectivity index (χ4n) is 3.79. The standard InChI is InChI=1S/C29H27FN2O6/c1-18-15-24(13-14-25(18)30)38-29(35)32(16-27(33)34)19(2)21-9-11-23(12-10-21)36-17-26-20(3)37-28(31-26)22-7-5-4-6-8-22/h4-15,19H,16-17H2,1-3H3,(H,33,34)/t19-/m0/s1. The summed E-state index contributed by atoms with van der Waals surface area (Å²) in [5.41, 5.74) is 2.53. The van der Waals surface area contributed by atoms with Crippen molar-refractivity contribution in [1.29, 1.82) is 0 Å². The number of ether oxygens (including phenoxy) is 2. The van der Waals surface area contributed by atoms with Crippen LogP contribution in [0.25, 0.3) is 11.5 Å². The van der Waals surface area contributed by atoms with Crippen molar-refractivity contribution in [3.05, 3.63) is 101 Å². The molecule has 0 bridgehead atoms. The minimum Gasteiger partial charge on any atom is -0.487 e. The number of hydrogen-bond donors (Lipinski definition) is 1. The summed E-state index contributed by atoms with van der Waals surface area (Å²) in [5.74, 6) is 0.248. The third-order valence-corrected chi connectivity index (χ3v) is 5.99. The van der Waals surface area contributed by atoms with E-state index in [4.69, 9.17) is 13.9 Å². The average Bonchev–Trinajstić information content (AvgIpc) is 3.29. The van der Waals surface area contributed by atoms with Gasteiger partial charge in [0.25, 0.3) is 0 Å². The summed E-state index contributed by atoms with van der Waals surface area (Å²) < 4.78 is 30.5. The highest BCUT2D eigenvalue weighted by Crippen LogP contribution is 2.26. The zero-order valence-corrected chi connectivity index (χ0v) is 21.2. The number of aromatic nitrogens is 1. The van der Waals surface area contributed by atoms with Crippen LogP contribution in [0.2, 0.25) is 0 Å². The molecule has 1 aromatic heterocycles. The van der Waals surface area contributed by atoms with E-state index >= 15 is 0 Å². The van der Waals surface area contributed by atoms with Gasteiger partial charge < -0.3 is 19.0 Å². The van der Waals surface area contributed by atoms with Crippen LogP contribution in [-0.2, 0) is 11.4 Å². The van der Waals surface area contributed by atoms with E-state index in [0.29, 0.717) is 34.2 Å². The molecule has 0 radical (unpaired) electrons. The minimum absolute atomic E-state index is 0.124. The molecule has 0 fully saturated rings. The molecule has 0 aliphatic rings. The summed E-state index contributed by atoms with van der Waals surface area (Å²) in [4.78, 5) is 29.9. The van der Waals surface area contributed by atoms with Crippen molar-refractivity contribution in [3.63, 3.8) is 0 Å². The van der Waals surface area contributed by atoms with Gasteiger partial charge in [0.2, 0.25) is 5.89 Å². The molecule has 4 aromatic rings. The van der Waals surface area contributed by atoms with Gasteiger partial charge in [-0.3, -0.25) is 9.69 Å². The van der Waals surface area contributed by atoms with Crippen LogP contribution in [0.1, 0.15) is 35.5 Å². The third-order valence-electron chi connectivity index (χ3n) is 5.99. The number of rotatable bonds is 9. The van der Waals surface area contributed by atoms with Gasteiger partial charge in [-0.1, -0.05) is 30.3 Å². The fraction of sp³-hybridized carbons (Fsp3) is 0.207. The number of carboxylic acids is 1. The number of halogens is 1. The third kappa shape index (κ3) is 6.36. The fourth-order valence-corrected chi connectivity index (χ4v) is 3.79. The van der Waals surface area contributed by atoms with E-state index in [9.17, 15) is 19.1 Å². The van der Waals surface area contributed by atoms with Gasteiger partial charge in [-0.2, -0.15) is 0 Å². The number of hydrogen-bond acceptors (Lipinski definition) is 6. The predicted octanol–water partition coefficient (Wildman–Crippen LogP) is 6.32. The predicted molar refractivity (Wildman–Crippen MR) is 137 cm³/mol. The molecule has 0 saturated heterocycles. The number of carbonyl (C=O) groups excluding carboxylic acids is 1. The van der Waals surface area contributed by atoms with Crippen molar-refractivity contribution < 1.29 is 33.0 Å². The number of aryl methyl sites for hydroxylation is 2. The van der Waals surface area contributed by atoms with E-state index in [1.54, 1.807) is 38.1 Å². The number of benzene rings is 3. The molecular weight excluding hydrogens is 491 g/mol. The van der Waals surface area contributed by atoms with Crippen molar-refractivity contribution >= 4 is 12.1 Å². The van der Waals surface area contributed by atoms with Crippen LogP contribution in [0.5, 0.6) is 11.5 Å². The maximum Gasteiger partial charge on any atom is 0.416 e. The zero-order valence-electron chi connectivity index (χ0n) is 21.2. The minimum atomic E-state index is -1.19. The molecule has 1 N–H and O–H groups in total. The summed E-state index contributed by atoms with van der Waals surface area (Å²) in [5, 5.41) is 9.36. The lowest BCUT2D eigenvalue weighted by atomic mass is 10.1. The first kappa shape index (κ1) is 26.4. The molecule has 9 heteroatoms. The van der Waals surface area contributed by atoms with Crippen LogP contribution in [0.3, 0.4) is 0 Å². The van der Waals surface area contributed by atoms with E-state index in [1.165, 1.54) is 18.2 Å². The Morgan fingerprint density at radius 2 is 1.71 bits per heavy atom. The molecule has 8 nitrogen and oxygen atoms in total. The number of oxazole rings is 1. The summed E-state index contributed by atoms with van der Waals surface area (Å²) in [6.07, 6.45) is -0.859. The molecule has 0 aliphatic heterocycles. The first-order valence-electron chi connectivity index (χ1n) is 11.9. The summed E-state index contributed by atoms with van der Waals surface area (Å²) in [7, 11) is 0. The van der Waals surface area contributed by atoms with Gasteiger partial charge in [-0.05, 0) is 74.4 Å². The van der Waals surface area contributed by atoms with Gasteiger partial charge in [0.05, 0.1) is 6.04 Å².